The first-order valence-electron chi connectivity index (χ1n) is 9.74. The van der Waals surface area contributed by atoms with Gasteiger partial charge in [-0.05, 0) is 24.5 Å². The first-order valence-corrected chi connectivity index (χ1v) is 9.74. The SMILES string of the molecule is O=C(NCCC1COCCN1)c1cnc2c(c1)ncn2CCc1ccccc1. The first-order chi connectivity index (χ1) is 13.8. The molecule has 1 aliphatic rings. The third-order valence-corrected chi connectivity index (χ3v) is 4.98. The van der Waals surface area contributed by atoms with Crippen molar-refractivity contribution in [3.63, 3.8) is 0 Å². The molecule has 3 aromatic rings. The lowest BCUT2D eigenvalue weighted by Gasteiger charge is -2.23. The number of nitrogens with one attached hydrogen (secondary N) is 2. The van der Waals surface area contributed by atoms with Crippen LogP contribution in [0.3, 0.4) is 0 Å². The van der Waals surface area contributed by atoms with E-state index in [1.165, 1.54) is 5.56 Å². The number of fused-ring (bicyclic) bond motifs is 1. The molecule has 2 aromatic heterocycles. The van der Waals surface area contributed by atoms with E-state index >= 15 is 0 Å². The zero-order valence-corrected chi connectivity index (χ0v) is 15.8. The second-order valence-corrected chi connectivity index (χ2v) is 7.01. The van der Waals surface area contributed by atoms with Crippen LogP contribution < -0.4 is 10.6 Å². The molecule has 7 nitrogen and oxygen atoms in total. The molecule has 7 heteroatoms. The van der Waals surface area contributed by atoms with Crippen molar-refractivity contribution >= 4 is 17.1 Å². The lowest BCUT2D eigenvalue weighted by molar-refractivity contribution is 0.0733. The Labute approximate surface area is 164 Å². The average molecular weight is 379 g/mol. The Morgan fingerprint density at radius 1 is 1.29 bits per heavy atom. The minimum atomic E-state index is -0.120. The van der Waals surface area contributed by atoms with Gasteiger partial charge in [0.2, 0.25) is 0 Å². The van der Waals surface area contributed by atoms with Gasteiger partial charge in [0.25, 0.3) is 5.91 Å². The molecule has 0 radical (unpaired) electrons. The highest BCUT2D eigenvalue weighted by Crippen LogP contribution is 2.13. The molecule has 0 aliphatic carbocycles. The van der Waals surface area contributed by atoms with Crippen LogP contribution in [-0.2, 0) is 17.7 Å². The molecule has 28 heavy (non-hydrogen) atoms. The van der Waals surface area contributed by atoms with E-state index in [0.717, 1.165) is 43.7 Å². The number of nitrogens with zero attached hydrogens (tertiary/aromatic N) is 3. The quantitative estimate of drug-likeness (QED) is 0.654. The molecule has 0 saturated carbocycles. The van der Waals surface area contributed by atoms with E-state index < -0.39 is 0 Å². The number of carbonyl (C=O) groups is 1. The van der Waals surface area contributed by atoms with Gasteiger partial charge in [-0.2, -0.15) is 0 Å². The first kappa shape index (κ1) is 18.6. The number of morpholine rings is 1. The number of hydrogen-bond acceptors (Lipinski definition) is 5. The summed E-state index contributed by atoms with van der Waals surface area (Å²) in [6.45, 7) is 3.72. The molecule has 4 rings (SSSR count). The van der Waals surface area contributed by atoms with Gasteiger partial charge in [0.05, 0.1) is 25.1 Å². The fourth-order valence-electron chi connectivity index (χ4n) is 3.40. The number of imidazole rings is 1. The Hall–Kier alpha value is -2.77. The number of aryl methyl sites for hydroxylation is 2. The lowest BCUT2D eigenvalue weighted by atomic mass is 10.1. The van der Waals surface area contributed by atoms with Crippen LogP contribution in [-0.4, -0.2) is 52.8 Å². The van der Waals surface area contributed by atoms with Crippen molar-refractivity contribution in [2.24, 2.45) is 0 Å². The zero-order valence-electron chi connectivity index (χ0n) is 15.8. The molecule has 0 spiro atoms. The molecule has 1 aliphatic heterocycles. The van der Waals surface area contributed by atoms with Gasteiger partial charge >= 0.3 is 0 Å². The van der Waals surface area contributed by atoms with Crippen molar-refractivity contribution in [2.45, 2.75) is 25.4 Å². The van der Waals surface area contributed by atoms with Crippen LogP contribution in [0.4, 0.5) is 0 Å². The topological polar surface area (TPSA) is 81.1 Å². The number of aromatic nitrogens is 3. The van der Waals surface area contributed by atoms with Gasteiger partial charge in [-0.25, -0.2) is 9.97 Å². The minimum absolute atomic E-state index is 0.120. The predicted molar refractivity (Wildman–Crippen MR) is 107 cm³/mol. The van der Waals surface area contributed by atoms with Gasteiger partial charge in [-0.15, -0.1) is 0 Å². The van der Waals surface area contributed by atoms with E-state index in [2.05, 4.69) is 32.7 Å². The Kier molecular flexibility index (Phi) is 5.94. The highest BCUT2D eigenvalue weighted by molar-refractivity contribution is 5.96. The molecular formula is C21H25N5O2. The highest BCUT2D eigenvalue weighted by atomic mass is 16.5. The summed E-state index contributed by atoms with van der Waals surface area (Å²) in [5.41, 5.74) is 3.35. The number of pyridine rings is 1. The molecule has 2 N–H and O–H groups in total. The summed E-state index contributed by atoms with van der Waals surface area (Å²) in [6, 6.07) is 12.4. The second-order valence-electron chi connectivity index (χ2n) is 7.01. The standard InChI is InChI=1S/C21H25N5O2/c27-21(23-8-6-18-14-28-11-9-22-18)17-12-19-20(24-13-17)26(15-25-19)10-7-16-4-2-1-3-5-16/h1-5,12-13,15,18,22H,6-11,14H2,(H,23,27). The largest absolute Gasteiger partial charge is 0.379 e. The molecule has 1 atom stereocenters. The van der Waals surface area contributed by atoms with Gasteiger partial charge in [-0.3, -0.25) is 4.79 Å². The normalized spacial score (nSPS) is 16.9. The van der Waals surface area contributed by atoms with E-state index in [1.807, 2.05) is 22.8 Å². The number of carbonyl (C=O) groups excluding carboxylic acids is 1. The molecule has 1 saturated heterocycles. The van der Waals surface area contributed by atoms with Crippen LogP contribution >= 0.6 is 0 Å². The molecule has 1 amide bonds. The van der Waals surface area contributed by atoms with Crippen molar-refractivity contribution in [3.8, 4) is 0 Å². The summed E-state index contributed by atoms with van der Waals surface area (Å²) in [5, 5.41) is 6.34. The Balaban J connectivity index is 1.34. The number of amides is 1. The monoisotopic (exact) mass is 379 g/mol. The van der Waals surface area contributed by atoms with Crippen molar-refractivity contribution in [1.82, 2.24) is 25.2 Å². The molecule has 1 unspecified atom stereocenters. The summed E-state index contributed by atoms with van der Waals surface area (Å²) in [4.78, 5) is 21.3. The van der Waals surface area contributed by atoms with Gasteiger partial charge in [0, 0.05) is 31.9 Å². The van der Waals surface area contributed by atoms with Crippen molar-refractivity contribution in [2.75, 3.05) is 26.3 Å². The molecule has 146 valence electrons. The fourth-order valence-corrected chi connectivity index (χ4v) is 3.40. The zero-order chi connectivity index (χ0) is 19.2. The van der Waals surface area contributed by atoms with Crippen LogP contribution in [0.2, 0.25) is 0 Å². The Morgan fingerprint density at radius 2 is 2.18 bits per heavy atom. The van der Waals surface area contributed by atoms with E-state index in [1.54, 1.807) is 18.6 Å². The van der Waals surface area contributed by atoms with Gasteiger partial charge in [-0.1, -0.05) is 30.3 Å². The third-order valence-electron chi connectivity index (χ3n) is 4.98. The van der Waals surface area contributed by atoms with E-state index in [9.17, 15) is 4.79 Å². The number of ether oxygens (including phenoxy) is 1. The van der Waals surface area contributed by atoms with Crippen molar-refractivity contribution < 1.29 is 9.53 Å². The number of benzene rings is 1. The molecule has 0 bridgehead atoms. The summed E-state index contributed by atoms with van der Waals surface area (Å²) >= 11 is 0. The summed E-state index contributed by atoms with van der Waals surface area (Å²) in [7, 11) is 0. The number of rotatable bonds is 7. The summed E-state index contributed by atoms with van der Waals surface area (Å²) in [6.07, 6.45) is 5.17. The van der Waals surface area contributed by atoms with Crippen LogP contribution in [0.25, 0.3) is 11.2 Å². The molecular weight excluding hydrogens is 354 g/mol. The Bertz CT molecular complexity index is 919. The fraction of sp³-hybridized carbons (Fsp3) is 0.381. The maximum atomic E-state index is 12.4. The highest BCUT2D eigenvalue weighted by Gasteiger charge is 2.14. The van der Waals surface area contributed by atoms with Crippen molar-refractivity contribution in [3.05, 3.63) is 60.0 Å². The van der Waals surface area contributed by atoms with E-state index in [0.29, 0.717) is 24.8 Å². The van der Waals surface area contributed by atoms with Gasteiger partial charge in [0.1, 0.15) is 5.52 Å². The van der Waals surface area contributed by atoms with Crippen LogP contribution in [0, 0.1) is 0 Å². The molecule has 3 heterocycles. The van der Waals surface area contributed by atoms with Crippen molar-refractivity contribution in [1.29, 1.82) is 0 Å². The maximum Gasteiger partial charge on any atom is 0.252 e. The second kappa shape index (κ2) is 8.95. The average Bonchev–Trinajstić information content (AvgIpc) is 3.16. The molecule has 1 fully saturated rings. The molecule has 1 aromatic carbocycles. The summed E-state index contributed by atoms with van der Waals surface area (Å²) in [5.74, 6) is -0.120. The Morgan fingerprint density at radius 3 is 3.00 bits per heavy atom. The third kappa shape index (κ3) is 4.55. The van der Waals surface area contributed by atoms with Gasteiger partial charge < -0.3 is 19.9 Å². The van der Waals surface area contributed by atoms with Crippen LogP contribution in [0.1, 0.15) is 22.3 Å². The van der Waals surface area contributed by atoms with Crippen LogP contribution in [0.15, 0.2) is 48.9 Å². The number of hydrogen-bond donors (Lipinski definition) is 2. The van der Waals surface area contributed by atoms with Gasteiger partial charge in [0.15, 0.2) is 5.65 Å². The smallest absolute Gasteiger partial charge is 0.252 e. The maximum absolute atomic E-state index is 12.4. The van der Waals surface area contributed by atoms with E-state index in [-0.39, 0.29) is 5.91 Å². The lowest BCUT2D eigenvalue weighted by Crippen LogP contribution is -2.43. The summed E-state index contributed by atoms with van der Waals surface area (Å²) < 4.78 is 7.45. The van der Waals surface area contributed by atoms with Crippen LogP contribution in [0.5, 0.6) is 0 Å². The predicted octanol–water partition coefficient (Wildman–Crippen LogP) is 1.78. The van der Waals surface area contributed by atoms with E-state index in [4.69, 9.17) is 4.74 Å². The minimum Gasteiger partial charge on any atom is -0.379 e.